The number of alkyl halides is 1. The van der Waals surface area contributed by atoms with Crippen molar-refractivity contribution in [2.24, 2.45) is 5.92 Å². The highest BCUT2D eigenvalue weighted by Crippen LogP contribution is 2.19. The Balaban J connectivity index is 3.49. The van der Waals surface area contributed by atoms with E-state index in [1.54, 1.807) is 0 Å². The summed E-state index contributed by atoms with van der Waals surface area (Å²) >= 11 is 2.39. The van der Waals surface area contributed by atoms with Crippen molar-refractivity contribution in [1.29, 1.82) is 0 Å². The van der Waals surface area contributed by atoms with Crippen LogP contribution in [0.1, 0.15) is 45.4 Å². The largest absolute Gasteiger partial charge is 0.481 e. The summed E-state index contributed by atoms with van der Waals surface area (Å²) in [6.45, 7) is 2.19. The van der Waals surface area contributed by atoms with Gasteiger partial charge in [0.15, 0.2) is 0 Å². The average Bonchev–Trinajstić information content (AvgIpc) is 2.04. The molecular formula is C10H19IO2. The maximum absolute atomic E-state index is 10.3. The topological polar surface area (TPSA) is 37.3 Å². The van der Waals surface area contributed by atoms with Crippen LogP contribution in [0.3, 0.4) is 0 Å². The van der Waals surface area contributed by atoms with Crippen LogP contribution in [0.2, 0.25) is 0 Å². The number of aliphatic carboxylic acids is 1. The van der Waals surface area contributed by atoms with Gasteiger partial charge in [0.2, 0.25) is 0 Å². The average molecular weight is 298 g/mol. The fraction of sp³-hybridized carbons (Fsp3) is 0.900. The lowest BCUT2D eigenvalue weighted by Gasteiger charge is -2.13. The first-order chi connectivity index (χ1) is 6.20. The molecule has 0 rings (SSSR count). The summed E-state index contributed by atoms with van der Waals surface area (Å²) in [5.74, 6) is 0.0889. The summed E-state index contributed by atoms with van der Waals surface area (Å²) in [4.78, 5) is 10.3. The maximum Gasteiger partial charge on any atom is 0.303 e. The molecule has 78 valence electrons. The highest BCUT2D eigenvalue weighted by Gasteiger charge is 2.07. The van der Waals surface area contributed by atoms with E-state index in [0.717, 1.165) is 18.8 Å². The molecule has 1 unspecified atom stereocenters. The van der Waals surface area contributed by atoms with Crippen LogP contribution >= 0.6 is 22.6 Å². The van der Waals surface area contributed by atoms with Gasteiger partial charge in [-0.15, -0.1) is 0 Å². The Morgan fingerprint density at radius 2 is 2.08 bits per heavy atom. The molecule has 0 fully saturated rings. The van der Waals surface area contributed by atoms with Crippen LogP contribution in [0.4, 0.5) is 0 Å². The molecule has 1 N–H and O–H groups in total. The predicted molar refractivity (Wildman–Crippen MR) is 63.4 cm³/mol. The minimum atomic E-state index is -0.662. The van der Waals surface area contributed by atoms with Crippen molar-refractivity contribution in [1.82, 2.24) is 0 Å². The molecule has 0 spiro atoms. The summed E-state index contributed by atoms with van der Waals surface area (Å²) in [7, 11) is 0. The van der Waals surface area contributed by atoms with Crippen LogP contribution in [0.15, 0.2) is 0 Å². The Labute approximate surface area is 94.2 Å². The number of halogens is 1. The Kier molecular flexibility index (Phi) is 8.92. The Bertz CT molecular complexity index is 131. The zero-order valence-corrected chi connectivity index (χ0v) is 10.4. The monoisotopic (exact) mass is 298 g/mol. The molecule has 0 amide bonds. The van der Waals surface area contributed by atoms with Crippen molar-refractivity contribution >= 4 is 28.6 Å². The van der Waals surface area contributed by atoms with Gasteiger partial charge in [-0.2, -0.15) is 0 Å². The van der Waals surface area contributed by atoms with Gasteiger partial charge in [-0.3, -0.25) is 4.79 Å². The fourth-order valence-electron chi connectivity index (χ4n) is 1.54. The Morgan fingerprint density at radius 1 is 1.38 bits per heavy atom. The second-order valence-electron chi connectivity index (χ2n) is 3.42. The summed E-state index contributed by atoms with van der Waals surface area (Å²) in [5, 5.41) is 8.48. The molecule has 0 aromatic carbocycles. The molecule has 0 aliphatic rings. The molecule has 0 bridgehead atoms. The first-order valence-corrected chi connectivity index (χ1v) is 6.51. The van der Waals surface area contributed by atoms with Gasteiger partial charge in [0, 0.05) is 6.42 Å². The van der Waals surface area contributed by atoms with Crippen LogP contribution in [0.5, 0.6) is 0 Å². The van der Waals surface area contributed by atoms with Gasteiger partial charge in [-0.05, 0) is 29.6 Å². The minimum Gasteiger partial charge on any atom is -0.481 e. The second-order valence-corrected chi connectivity index (χ2v) is 4.50. The first-order valence-electron chi connectivity index (χ1n) is 4.98. The molecule has 1 atom stereocenters. The van der Waals surface area contributed by atoms with Crippen molar-refractivity contribution in [3.05, 3.63) is 0 Å². The van der Waals surface area contributed by atoms with Crippen molar-refractivity contribution in [3.63, 3.8) is 0 Å². The van der Waals surface area contributed by atoms with E-state index in [4.69, 9.17) is 5.11 Å². The molecule has 0 saturated heterocycles. The smallest absolute Gasteiger partial charge is 0.303 e. The van der Waals surface area contributed by atoms with Crippen LogP contribution in [0.25, 0.3) is 0 Å². The SMILES string of the molecule is CCCC(CCI)CCCC(=O)O. The van der Waals surface area contributed by atoms with Crippen molar-refractivity contribution < 1.29 is 9.90 Å². The molecule has 0 aromatic rings. The zero-order chi connectivity index (χ0) is 10.1. The molecule has 0 saturated carbocycles. The molecule has 0 heterocycles. The summed E-state index contributed by atoms with van der Waals surface area (Å²) < 4.78 is 1.19. The van der Waals surface area contributed by atoms with E-state index in [1.807, 2.05) is 0 Å². The molecule has 0 aromatic heterocycles. The van der Waals surface area contributed by atoms with Crippen molar-refractivity contribution in [2.45, 2.75) is 45.4 Å². The number of rotatable bonds is 8. The number of hydrogen-bond donors (Lipinski definition) is 1. The first kappa shape index (κ1) is 13.2. The van der Waals surface area contributed by atoms with Gasteiger partial charge in [0.05, 0.1) is 0 Å². The Hall–Kier alpha value is 0.200. The molecule has 2 nitrogen and oxygen atoms in total. The van der Waals surface area contributed by atoms with Gasteiger partial charge in [-0.1, -0.05) is 42.4 Å². The van der Waals surface area contributed by atoms with Crippen LogP contribution in [0, 0.1) is 5.92 Å². The minimum absolute atomic E-state index is 0.335. The number of carbonyl (C=O) groups is 1. The molecule has 0 radical (unpaired) electrons. The lowest BCUT2D eigenvalue weighted by Crippen LogP contribution is -2.03. The number of hydrogen-bond acceptors (Lipinski definition) is 1. The van der Waals surface area contributed by atoms with E-state index < -0.39 is 5.97 Å². The van der Waals surface area contributed by atoms with Gasteiger partial charge in [0.1, 0.15) is 0 Å². The molecule has 13 heavy (non-hydrogen) atoms. The number of carboxylic acid groups (broad SMARTS) is 1. The van der Waals surface area contributed by atoms with Crippen molar-refractivity contribution in [3.8, 4) is 0 Å². The summed E-state index contributed by atoms with van der Waals surface area (Å²) in [6, 6.07) is 0. The highest BCUT2D eigenvalue weighted by atomic mass is 127. The lowest BCUT2D eigenvalue weighted by molar-refractivity contribution is -0.137. The van der Waals surface area contributed by atoms with Crippen LogP contribution < -0.4 is 0 Å². The zero-order valence-electron chi connectivity index (χ0n) is 8.26. The van der Waals surface area contributed by atoms with Gasteiger partial charge < -0.3 is 5.11 Å². The van der Waals surface area contributed by atoms with Gasteiger partial charge in [-0.25, -0.2) is 0 Å². The normalized spacial score (nSPS) is 12.8. The van der Waals surface area contributed by atoms with E-state index in [9.17, 15) is 4.79 Å². The molecular weight excluding hydrogens is 279 g/mol. The van der Waals surface area contributed by atoms with E-state index in [0.29, 0.717) is 6.42 Å². The summed E-state index contributed by atoms with van der Waals surface area (Å²) in [6.07, 6.45) is 5.98. The third-order valence-corrected chi connectivity index (χ3v) is 2.84. The molecule has 0 aliphatic heterocycles. The van der Waals surface area contributed by atoms with E-state index in [-0.39, 0.29) is 0 Å². The number of carboxylic acids is 1. The fourth-order valence-corrected chi connectivity index (χ4v) is 2.42. The van der Waals surface area contributed by atoms with Gasteiger partial charge in [0.25, 0.3) is 0 Å². The predicted octanol–water partition coefficient (Wildman–Crippen LogP) is 3.48. The third-order valence-electron chi connectivity index (χ3n) is 2.22. The van der Waals surface area contributed by atoms with E-state index >= 15 is 0 Å². The molecule has 0 aliphatic carbocycles. The Morgan fingerprint density at radius 3 is 2.54 bits per heavy atom. The summed E-state index contributed by atoms with van der Waals surface area (Å²) in [5.41, 5.74) is 0. The van der Waals surface area contributed by atoms with E-state index in [1.165, 1.54) is 23.7 Å². The van der Waals surface area contributed by atoms with Gasteiger partial charge >= 0.3 is 5.97 Å². The van der Waals surface area contributed by atoms with Crippen LogP contribution in [-0.2, 0) is 4.79 Å². The second kappa shape index (κ2) is 8.78. The standard InChI is InChI=1S/C10H19IO2/c1-2-4-9(7-8-11)5-3-6-10(12)13/h9H,2-8H2,1H3,(H,12,13). The maximum atomic E-state index is 10.3. The van der Waals surface area contributed by atoms with Crippen LogP contribution in [-0.4, -0.2) is 15.5 Å². The van der Waals surface area contributed by atoms with E-state index in [2.05, 4.69) is 29.5 Å². The highest BCUT2D eigenvalue weighted by molar-refractivity contribution is 14.1. The quantitative estimate of drug-likeness (QED) is 0.550. The third kappa shape index (κ3) is 8.53. The lowest BCUT2D eigenvalue weighted by atomic mass is 9.95. The van der Waals surface area contributed by atoms with Crippen molar-refractivity contribution in [2.75, 3.05) is 4.43 Å². The molecule has 3 heteroatoms.